The molecule has 0 aromatic carbocycles. The third kappa shape index (κ3) is 2.96. The molecule has 0 aromatic heterocycles. The van der Waals surface area contributed by atoms with E-state index in [-0.39, 0.29) is 6.10 Å². The summed E-state index contributed by atoms with van der Waals surface area (Å²) in [5.41, 5.74) is 0. The molecule has 0 heterocycles. The second-order valence-electron chi connectivity index (χ2n) is 5.10. The average Bonchev–Trinajstić information content (AvgIpc) is 2.07. The monoisotopic (exact) mass is 199 g/mol. The summed E-state index contributed by atoms with van der Waals surface area (Å²) in [5, 5.41) is 9.47. The van der Waals surface area contributed by atoms with Crippen LogP contribution in [-0.2, 0) is 0 Å². The van der Waals surface area contributed by atoms with E-state index in [0.29, 0.717) is 18.1 Å². The molecule has 2 heteroatoms. The van der Waals surface area contributed by atoms with E-state index in [1.165, 1.54) is 0 Å². The molecular formula is C12H25NO. The Morgan fingerprint density at radius 2 is 1.36 bits per heavy atom. The van der Waals surface area contributed by atoms with Gasteiger partial charge >= 0.3 is 0 Å². The van der Waals surface area contributed by atoms with Gasteiger partial charge in [0, 0.05) is 18.1 Å². The molecule has 0 bridgehead atoms. The molecule has 0 radical (unpaired) electrons. The van der Waals surface area contributed by atoms with Gasteiger partial charge in [0.2, 0.25) is 0 Å². The van der Waals surface area contributed by atoms with E-state index >= 15 is 0 Å². The number of aliphatic hydroxyl groups is 1. The molecule has 0 aliphatic heterocycles. The maximum Gasteiger partial charge on any atom is 0.0541 e. The van der Waals surface area contributed by atoms with Crippen molar-refractivity contribution in [1.82, 2.24) is 4.90 Å². The van der Waals surface area contributed by atoms with Gasteiger partial charge in [0.25, 0.3) is 0 Å². The quantitative estimate of drug-likeness (QED) is 0.754. The van der Waals surface area contributed by atoms with Crippen molar-refractivity contribution in [2.24, 2.45) is 0 Å². The van der Waals surface area contributed by atoms with E-state index in [1.54, 1.807) is 0 Å². The Hall–Kier alpha value is -0.0800. The van der Waals surface area contributed by atoms with Crippen LogP contribution in [0, 0.1) is 0 Å². The summed E-state index contributed by atoms with van der Waals surface area (Å²) in [5.74, 6) is 0. The lowest BCUT2D eigenvalue weighted by Crippen LogP contribution is -2.47. The fourth-order valence-electron chi connectivity index (χ4n) is 2.80. The van der Waals surface area contributed by atoms with Crippen LogP contribution in [0.25, 0.3) is 0 Å². The van der Waals surface area contributed by atoms with E-state index in [4.69, 9.17) is 0 Å². The van der Waals surface area contributed by atoms with Crippen LogP contribution in [0.1, 0.15) is 53.4 Å². The lowest BCUT2D eigenvalue weighted by molar-refractivity contribution is 0.0418. The number of hydrogen-bond donors (Lipinski definition) is 1. The maximum atomic E-state index is 9.47. The summed E-state index contributed by atoms with van der Waals surface area (Å²) in [6, 6.07) is 1.93. The first-order chi connectivity index (χ1) is 6.52. The molecule has 0 amide bonds. The summed E-state index contributed by atoms with van der Waals surface area (Å²) in [7, 11) is 0. The van der Waals surface area contributed by atoms with Crippen molar-refractivity contribution in [3.8, 4) is 0 Å². The summed E-state index contributed by atoms with van der Waals surface area (Å²) >= 11 is 0. The van der Waals surface area contributed by atoms with Crippen molar-refractivity contribution in [2.75, 3.05) is 0 Å². The Bertz CT molecular complexity index is 152. The van der Waals surface area contributed by atoms with Crippen molar-refractivity contribution in [2.45, 2.75) is 77.6 Å². The highest BCUT2D eigenvalue weighted by Crippen LogP contribution is 2.26. The van der Waals surface area contributed by atoms with Gasteiger partial charge in [-0.05, 0) is 53.4 Å². The SMILES string of the molecule is CC(C)N(C(C)C)C1CCC(O)CC1. The highest BCUT2D eigenvalue weighted by molar-refractivity contribution is 4.82. The Balaban J connectivity index is 2.52. The average molecular weight is 199 g/mol. The molecular weight excluding hydrogens is 174 g/mol. The van der Waals surface area contributed by atoms with Crippen LogP contribution in [0.15, 0.2) is 0 Å². The fourth-order valence-corrected chi connectivity index (χ4v) is 2.80. The molecule has 84 valence electrons. The first kappa shape index (κ1) is 12.0. The molecule has 1 fully saturated rings. The molecule has 0 atom stereocenters. The Kier molecular flexibility index (Phi) is 4.39. The molecule has 0 spiro atoms. The first-order valence-corrected chi connectivity index (χ1v) is 5.98. The van der Waals surface area contributed by atoms with Gasteiger partial charge in [-0.1, -0.05) is 0 Å². The molecule has 0 aromatic rings. The zero-order chi connectivity index (χ0) is 10.7. The molecule has 2 nitrogen and oxygen atoms in total. The molecule has 1 aliphatic carbocycles. The van der Waals surface area contributed by atoms with Crippen LogP contribution in [-0.4, -0.2) is 34.2 Å². The maximum absolute atomic E-state index is 9.47. The second kappa shape index (κ2) is 5.13. The highest BCUT2D eigenvalue weighted by atomic mass is 16.3. The van der Waals surface area contributed by atoms with Crippen LogP contribution >= 0.6 is 0 Å². The van der Waals surface area contributed by atoms with E-state index in [2.05, 4.69) is 32.6 Å². The van der Waals surface area contributed by atoms with E-state index in [1.807, 2.05) is 0 Å². The normalized spacial score (nSPS) is 29.1. The number of aliphatic hydroxyl groups excluding tert-OH is 1. The minimum Gasteiger partial charge on any atom is -0.393 e. The van der Waals surface area contributed by atoms with Crippen LogP contribution in [0.5, 0.6) is 0 Å². The van der Waals surface area contributed by atoms with Gasteiger partial charge in [0.1, 0.15) is 0 Å². The first-order valence-electron chi connectivity index (χ1n) is 5.98. The third-order valence-corrected chi connectivity index (χ3v) is 3.28. The summed E-state index contributed by atoms with van der Waals surface area (Å²) in [6.07, 6.45) is 4.27. The smallest absolute Gasteiger partial charge is 0.0541 e. The molecule has 0 unspecified atom stereocenters. The van der Waals surface area contributed by atoms with Gasteiger partial charge in [-0.25, -0.2) is 0 Å². The zero-order valence-electron chi connectivity index (χ0n) is 10.0. The van der Waals surface area contributed by atoms with Crippen molar-refractivity contribution in [3.05, 3.63) is 0 Å². The standard InChI is InChI=1S/C12H25NO/c1-9(2)13(10(3)4)11-5-7-12(14)8-6-11/h9-12,14H,5-8H2,1-4H3. The van der Waals surface area contributed by atoms with E-state index in [0.717, 1.165) is 25.7 Å². The molecule has 1 aliphatic rings. The Labute approximate surface area is 88.3 Å². The van der Waals surface area contributed by atoms with Crippen LogP contribution in [0.3, 0.4) is 0 Å². The van der Waals surface area contributed by atoms with Crippen molar-refractivity contribution < 1.29 is 5.11 Å². The minimum absolute atomic E-state index is 0.0348. The zero-order valence-corrected chi connectivity index (χ0v) is 10.0. The second-order valence-corrected chi connectivity index (χ2v) is 5.10. The topological polar surface area (TPSA) is 23.5 Å². The highest BCUT2D eigenvalue weighted by Gasteiger charge is 2.27. The molecule has 1 N–H and O–H groups in total. The Morgan fingerprint density at radius 1 is 0.929 bits per heavy atom. The van der Waals surface area contributed by atoms with Gasteiger partial charge in [-0.3, -0.25) is 4.90 Å². The molecule has 1 saturated carbocycles. The lowest BCUT2D eigenvalue weighted by Gasteiger charge is -2.41. The predicted octanol–water partition coefficient (Wildman–Crippen LogP) is 2.41. The van der Waals surface area contributed by atoms with Crippen LogP contribution in [0.2, 0.25) is 0 Å². The summed E-state index contributed by atoms with van der Waals surface area (Å²) in [4.78, 5) is 2.59. The minimum atomic E-state index is -0.0348. The van der Waals surface area contributed by atoms with Crippen molar-refractivity contribution in [1.29, 1.82) is 0 Å². The van der Waals surface area contributed by atoms with E-state index in [9.17, 15) is 5.11 Å². The number of hydrogen-bond acceptors (Lipinski definition) is 2. The largest absolute Gasteiger partial charge is 0.393 e. The summed E-state index contributed by atoms with van der Waals surface area (Å²) in [6.45, 7) is 9.08. The number of rotatable bonds is 3. The van der Waals surface area contributed by atoms with Crippen LogP contribution < -0.4 is 0 Å². The molecule has 1 rings (SSSR count). The fraction of sp³-hybridized carbons (Fsp3) is 1.00. The van der Waals surface area contributed by atoms with Gasteiger partial charge in [0.05, 0.1) is 6.10 Å². The Morgan fingerprint density at radius 3 is 1.71 bits per heavy atom. The van der Waals surface area contributed by atoms with Crippen LogP contribution in [0.4, 0.5) is 0 Å². The van der Waals surface area contributed by atoms with Crippen molar-refractivity contribution >= 4 is 0 Å². The predicted molar refractivity (Wildman–Crippen MR) is 60.4 cm³/mol. The molecule has 0 saturated heterocycles. The number of nitrogens with zero attached hydrogens (tertiary/aromatic N) is 1. The summed E-state index contributed by atoms with van der Waals surface area (Å²) < 4.78 is 0. The van der Waals surface area contributed by atoms with Gasteiger partial charge in [-0.15, -0.1) is 0 Å². The van der Waals surface area contributed by atoms with Gasteiger partial charge in [0.15, 0.2) is 0 Å². The van der Waals surface area contributed by atoms with Gasteiger partial charge in [-0.2, -0.15) is 0 Å². The van der Waals surface area contributed by atoms with Gasteiger partial charge < -0.3 is 5.11 Å². The third-order valence-electron chi connectivity index (χ3n) is 3.28. The van der Waals surface area contributed by atoms with Crippen molar-refractivity contribution in [3.63, 3.8) is 0 Å². The molecule has 14 heavy (non-hydrogen) atoms. The lowest BCUT2D eigenvalue weighted by atomic mass is 9.90. The van der Waals surface area contributed by atoms with E-state index < -0.39 is 0 Å².